The molecule has 6 N–H and O–H groups in total. The molecule has 4 aromatic heterocycles. The van der Waals surface area contributed by atoms with Crippen LogP contribution >= 0.6 is 40.7 Å². The average molecular weight is 1570 g/mol. The number of carboxylic acids is 1. The Labute approximate surface area is 589 Å². The zero-order valence-electron chi connectivity index (χ0n) is 55.8. The van der Waals surface area contributed by atoms with Gasteiger partial charge in [-0.3, -0.25) is 24.0 Å². The fraction of sp³-hybridized carbons (Fsp3) is 0.380. The van der Waals surface area contributed by atoms with Gasteiger partial charge in [0.05, 0.1) is 41.9 Å². The summed E-state index contributed by atoms with van der Waals surface area (Å²) in [5.41, 5.74) is 15.5. The smallest absolute Gasteiger partial charge is 0.408 e. The molecule has 0 aliphatic carbocycles. The Morgan fingerprint density at radius 2 is 1.08 bits per heavy atom. The molecular formula is C71H83ClN10O11S3W. The van der Waals surface area contributed by atoms with Gasteiger partial charge in [0.2, 0.25) is 29.5 Å². The number of aromatic nitrogens is 2. The van der Waals surface area contributed by atoms with E-state index in [1.54, 1.807) is 78.9 Å². The number of aliphatic carboxylic acids is 1. The van der Waals surface area contributed by atoms with E-state index in [0.29, 0.717) is 56.8 Å². The van der Waals surface area contributed by atoms with Crippen LogP contribution in [0.15, 0.2) is 131 Å². The van der Waals surface area contributed by atoms with E-state index in [1.807, 2.05) is 165 Å². The Hall–Kier alpha value is -7.99. The number of aryl methyl sites for hydroxylation is 2. The van der Waals surface area contributed by atoms with Gasteiger partial charge in [-0.1, -0.05) is 60.7 Å². The first-order chi connectivity index (χ1) is 46.0. The van der Waals surface area contributed by atoms with Crippen LogP contribution in [0, 0.1) is 0 Å². The number of benzene rings is 4. The molecule has 7 amide bonds. The van der Waals surface area contributed by atoms with E-state index in [1.165, 1.54) is 18.0 Å². The number of hydrogen-bond acceptors (Lipinski definition) is 13. The minimum Gasteiger partial charge on any atom is -0.480 e. The maximum Gasteiger partial charge on any atom is 0.408 e. The van der Waals surface area contributed by atoms with E-state index in [0.717, 1.165) is 79.4 Å². The number of amides is 7. The van der Waals surface area contributed by atoms with Crippen LogP contribution in [-0.2, 0) is 109 Å². The summed E-state index contributed by atoms with van der Waals surface area (Å²) < 4.78 is 14.6. The van der Waals surface area contributed by atoms with E-state index < -0.39 is 59.4 Å². The van der Waals surface area contributed by atoms with Crippen LogP contribution in [0.4, 0.5) is 32.3 Å². The third-order valence-electron chi connectivity index (χ3n) is 16.4. The summed E-state index contributed by atoms with van der Waals surface area (Å²) in [6.07, 6.45) is 8.22. The third kappa shape index (κ3) is 18.8. The van der Waals surface area contributed by atoms with E-state index in [9.17, 15) is 43.5 Å². The number of thiophene rings is 2. The second kappa shape index (κ2) is 32.1. The van der Waals surface area contributed by atoms with Crippen LogP contribution in [0.2, 0.25) is 0 Å². The molecule has 4 aliphatic rings. The molecule has 21 nitrogen and oxygen atoms in total. The second-order valence-corrected chi connectivity index (χ2v) is 37.4. The predicted molar refractivity (Wildman–Crippen MR) is 381 cm³/mol. The molecule has 4 aliphatic heterocycles. The van der Waals surface area contributed by atoms with Crippen molar-refractivity contribution in [2.75, 3.05) is 38.9 Å². The number of hydrogen-bond donors (Lipinski definition) is 5. The van der Waals surface area contributed by atoms with Crippen LogP contribution in [0.1, 0.15) is 101 Å². The summed E-state index contributed by atoms with van der Waals surface area (Å²) >= 11 is 4.62. The number of para-hydroxylation sites is 4. The Morgan fingerprint density at radius 3 is 1.51 bits per heavy atom. The van der Waals surface area contributed by atoms with Crippen LogP contribution < -0.4 is 41.3 Å². The summed E-state index contributed by atoms with van der Waals surface area (Å²) in [5.74, 6) is -1.76. The SMILES string of the molecule is C[S](Cl)=[W].Cn1cc(C[C@@H](NC(=O)OC(C)(C)C)C(=O)NC2Cc3cccc(N4CCCC4=O)c3N(Cc3ccsc3)C2=O)c2ccccc21.Cn1cc(C[C@@H](NC(=O)OC(C)(C)C)C(=O)O)c2ccccc21.NC1Cc2cccc(N3CCCC3=O)c2N(Cc2ccsc2)C1=O. The zero-order valence-corrected chi connectivity index (χ0v) is 61.9. The number of alkyl carbamates (subject to hydrolysis) is 2. The largest absolute Gasteiger partial charge is 0.480 e. The molecule has 12 rings (SSSR count). The fourth-order valence-corrected chi connectivity index (χ4v) is 13.7. The van der Waals surface area contributed by atoms with Crippen molar-refractivity contribution < 1.29 is 70.9 Å². The summed E-state index contributed by atoms with van der Waals surface area (Å²) in [6, 6.07) is 27.8. The number of carbonyl (C=O) groups is 8. The standard InChI is InChI=1S/C35H39N5O5S.C18H19N3O2S.C17H22N2O4.CH3ClS.W/c1-35(2,3)45-34(44)37-26(18-24-20-38(4)28-11-6-5-10-25(24)28)32(42)36-27-17-23-9-7-12-29(39-15-8-13-30(39)41)31(23)40(33(27)43)19-22-14-16-46-21-22;19-14-9-13-3-1-4-15(20-7-2-5-16(20)22)17(13)21(18(14)23)10-12-6-8-24-11-12;1-17(2,3)23-16(22)18-13(15(20)21)9-11-10-19(4)14-8-6-5-7-12(11)14;1-3-2;/h5-7,9-12,14,16,20-21,26-27H,8,13,15,17-19H2,1-4H3,(H,36,42)(H,37,44);1,3-4,6,8,11,14H,2,5,7,9-10,19H2;5-8,10,13H,9H2,1-4H3,(H,18,22)(H,20,21);1H3;/t26-,27?;;13-;;/m1.1../s1. The van der Waals surface area contributed by atoms with Crippen molar-refractivity contribution in [2.45, 2.75) is 141 Å². The van der Waals surface area contributed by atoms with E-state index >= 15 is 0 Å². The maximum absolute atomic E-state index is 14.3. The van der Waals surface area contributed by atoms with Crippen molar-refractivity contribution in [3.63, 3.8) is 0 Å². The van der Waals surface area contributed by atoms with Crippen LogP contribution in [-0.4, -0.2) is 117 Å². The molecule has 3 unspecified atom stereocenters. The van der Waals surface area contributed by atoms with Gasteiger partial charge in [0.15, 0.2) is 0 Å². The molecule has 8 aromatic rings. The number of anilines is 4. The van der Waals surface area contributed by atoms with Gasteiger partial charge in [0, 0.05) is 93.5 Å². The first-order valence-corrected chi connectivity index (χ1v) is 39.7. The van der Waals surface area contributed by atoms with Gasteiger partial charge in [0.1, 0.15) is 29.3 Å². The molecule has 0 radical (unpaired) electrons. The number of halogens is 1. The van der Waals surface area contributed by atoms with Gasteiger partial charge >= 0.3 is 60.4 Å². The summed E-state index contributed by atoms with van der Waals surface area (Å²) in [5, 5.41) is 27.5. The van der Waals surface area contributed by atoms with Crippen molar-refractivity contribution in [2.24, 2.45) is 19.8 Å². The molecular weight excluding hydrogens is 1480 g/mol. The number of ether oxygens (including phenoxy) is 2. The van der Waals surface area contributed by atoms with Gasteiger partial charge in [-0.2, -0.15) is 22.7 Å². The van der Waals surface area contributed by atoms with Crippen molar-refractivity contribution in [1.29, 1.82) is 0 Å². The van der Waals surface area contributed by atoms with Gasteiger partial charge in [-0.15, -0.1) is 0 Å². The van der Waals surface area contributed by atoms with Crippen LogP contribution in [0.25, 0.3) is 21.8 Å². The predicted octanol–water partition coefficient (Wildman–Crippen LogP) is 11.6. The van der Waals surface area contributed by atoms with E-state index in [-0.39, 0.29) is 50.2 Å². The van der Waals surface area contributed by atoms with E-state index in [2.05, 4.69) is 16.0 Å². The van der Waals surface area contributed by atoms with Crippen molar-refractivity contribution in [1.82, 2.24) is 25.1 Å². The van der Waals surface area contributed by atoms with Crippen LogP contribution in [0.5, 0.6) is 0 Å². The second-order valence-electron chi connectivity index (χ2n) is 26.1. The van der Waals surface area contributed by atoms with Gasteiger partial charge in [-0.25, -0.2) is 14.4 Å². The number of nitrogens with two attached hydrogens (primary N) is 1. The first kappa shape index (κ1) is 73.3. The van der Waals surface area contributed by atoms with Crippen molar-refractivity contribution in [3.05, 3.63) is 164 Å². The summed E-state index contributed by atoms with van der Waals surface area (Å²) in [4.78, 5) is 109. The molecule has 26 heteroatoms. The quantitative estimate of drug-likeness (QED) is 0.0642. The number of carbonyl (C=O) groups excluding carboxylic acids is 7. The molecule has 0 saturated carbocycles. The average Bonchev–Trinajstić information content (AvgIpc) is 1.36. The fourth-order valence-electron chi connectivity index (χ4n) is 12.3. The normalized spacial score (nSPS) is 17.0. The number of rotatable bonds is 15. The Balaban J connectivity index is 0.000000181. The summed E-state index contributed by atoms with van der Waals surface area (Å²) in [7, 11) is 9.38. The zero-order chi connectivity index (χ0) is 70.0. The van der Waals surface area contributed by atoms with E-state index in [4.69, 9.17) is 25.9 Å². The molecule has 2 fully saturated rings. The van der Waals surface area contributed by atoms with Gasteiger partial charge in [0.25, 0.3) is 0 Å². The van der Waals surface area contributed by atoms with Gasteiger partial charge < -0.3 is 65.0 Å². The van der Waals surface area contributed by atoms with Crippen LogP contribution in [0.3, 0.4) is 0 Å². The molecule has 2 saturated heterocycles. The minimum atomic E-state index is -1.09. The molecule has 0 spiro atoms. The van der Waals surface area contributed by atoms with Gasteiger partial charge in [-0.05, 0) is 152 Å². The number of nitrogens with one attached hydrogen (secondary N) is 3. The minimum absolute atomic E-state index is 0.0382. The number of carboxylic acid groups (broad SMARTS) is 1. The number of nitrogens with zero attached hydrogens (tertiary/aromatic N) is 6. The topological polar surface area (TPSA) is 260 Å². The molecule has 0 bridgehead atoms. The first-order valence-electron chi connectivity index (χ1n) is 31.9. The van der Waals surface area contributed by atoms with Crippen molar-refractivity contribution in [3.8, 4) is 0 Å². The molecule has 514 valence electrons. The molecule has 97 heavy (non-hydrogen) atoms. The third-order valence-corrected chi connectivity index (χ3v) is 17.9. The molecule has 4 aromatic carbocycles. The Bertz CT molecular complexity index is 4220. The Kier molecular flexibility index (Phi) is 24.3. The maximum atomic E-state index is 14.3. The monoisotopic (exact) mass is 1570 g/mol. The Morgan fingerprint density at radius 1 is 0.649 bits per heavy atom. The molecule has 5 atom stereocenters. The number of fused-ring (bicyclic) bond motifs is 4. The summed E-state index contributed by atoms with van der Waals surface area (Å²) in [6.45, 7) is 12.6. The molecule has 8 heterocycles. The van der Waals surface area contributed by atoms with Crippen molar-refractivity contribution >= 4 is 133 Å².